The summed E-state index contributed by atoms with van der Waals surface area (Å²) in [5, 5.41) is 2.36. The van der Waals surface area contributed by atoms with Crippen LogP contribution in [0.4, 0.5) is 4.79 Å². The second-order valence-corrected chi connectivity index (χ2v) is 3.35. The van der Waals surface area contributed by atoms with E-state index in [4.69, 9.17) is 5.73 Å². The first kappa shape index (κ1) is 12.9. The lowest BCUT2D eigenvalue weighted by molar-refractivity contribution is -0.125. The molecule has 5 heteroatoms. The summed E-state index contributed by atoms with van der Waals surface area (Å²) in [6.07, 6.45) is 0.00285. The molecule has 3 N–H and O–H groups in total. The minimum Gasteiger partial charge on any atom is -0.453 e. The predicted molar refractivity (Wildman–Crippen MR) is 52.6 cm³/mol. The van der Waals surface area contributed by atoms with Gasteiger partial charge >= 0.3 is 6.09 Å². The Hall–Kier alpha value is -1.10. The van der Waals surface area contributed by atoms with Crippen LogP contribution in [0.15, 0.2) is 0 Å². The van der Waals surface area contributed by atoms with Crippen molar-refractivity contribution in [1.29, 1.82) is 0 Å². The van der Waals surface area contributed by atoms with Gasteiger partial charge in [0.1, 0.15) is 0 Å². The van der Waals surface area contributed by atoms with Crippen LogP contribution in [0, 0.1) is 5.92 Å². The van der Waals surface area contributed by atoms with Crippen LogP contribution < -0.4 is 11.1 Å². The van der Waals surface area contributed by atoms with E-state index in [9.17, 15) is 9.59 Å². The molecule has 0 aliphatic rings. The molecule has 82 valence electrons. The quantitative estimate of drug-likeness (QED) is 0.655. The highest BCUT2D eigenvalue weighted by Gasteiger charge is 2.37. The number of nitrogens with one attached hydrogen (secondary N) is 1. The van der Waals surface area contributed by atoms with Crippen LogP contribution in [0.1, 0.15) is 27.2 Å². The Morgan fingerprint density at radius 3 is 2.36 bits per heavy atom. The average Bonchev–Trinajstić information content (AvgIpc) is 2.15. The highest BCUT2D eigenvalue weighted by Crippen LogP contribution is 2.16. The molecular formula is C9H18N2O3. The number of alkyl carbamates (subject to hydrolysis) is 1. The largest absolute Gasteiger partial charge is 0.453 e. The van der Waals surface area contributed by atoms with Gasteiger partial charge in [-0.15, -0.1) is 0 Å². The average molecular weight is 202 g/mol. The van der Waals surface area contributed by atoms with Crippen molar-refractivity contribution < 1.29 is 14.3 Å². The fourth-order valence-electron chi connectivity index (χ4n) is 1.10. The Labute approximate surface area is 84.0 Å². The summed E-state index contributed by atoms with van der Waals surface area (Å²) in [5.74, 6) is -0.420. The lowest BCUT2D eigenvalue weighted by Crippen LogP contribution is -2.64. The first-order valence-corrected chi connectivity index (χ1v) is 4.54. The molecule has 1 amide bonds. The second-order valence-electron chi connectivity index (χ2n) is 3.35. The van der Waals surface area contributed by atoms with Crippen molar-refractivity contribution >= 4 is 11.9 Å². The molecule has 0 aromatic rings. The van der Waals surface area contributed by atoms with Gasteiger partial charge in [-0.05, 0) is 19.3 Å². The third kappa shape index (κ3) is 2.70. The third-order valence-electron chi connectivity index (χ3n) is 2.47. The third-order valence-corrected chi connectivity index (χ3v) is 2.47. The summed E-state index contributed by atoms with van der Waals surface area (Å²) in [6, 6.07) is 0. The van der Waals surface area contributed by atoms with Gasteiger partial charge in [0.2, 0.25) is 0 Å². The van der Waals surface area contributed by atoms with Crippen molar-refractivity contribution in [1.82, 2.24) is 5.32 Å². The van der Waals surface area contributed by atoms with E-state index in [0.717, 1.165) is 0 Å². The molecule has 0 saturated carbocycles. The van der Waals surface area contributed by atoms with Crippen molar-refractivity contribution in [2.75, 3.05) is 7.11 Å². The zero-order valence-electron chi connectivity index (χ0n) is 9.09. The molecule has 0 aromatic carbocycles. The van der Waals surface area contributed by atoms with E-state index in [1.807, 2.05) is 6.92 Å². The summed E-state index contributed by atoms with van der Waals surface area (Å²) < 4.78 is 4.41. The number of nitrogens with two attached hydrogens (primary N) is 1. The Morgan fingerprint density at radius 2 is 2.07 bits per heavy atom. The number of carbonyl (C=O) groups excluding carboxylic acids is 2. The molecule has 0 heterocycles. The summed E-state index contributed by atoms with van der Waals surface area (Å²) in [6.45, 7) is 5.05. The molecule has 0 spiro atoms. The number of rotatable bonds is 4. The van der Waals surface area contributed by atoms with Gasteiger partial charge in [-0.25, -0.2) is 4.79 Å². The van der Waals surface area contributed by atoms with Crippen LogP contribution in [-0.2, 0) is 9.53 Å². The topological polar surface area (TPSA) is 81.4 Å². The molecule has 14 heavy (non-hydrogen) atoms. The lowest BCUT2D eigenvalue weighted by Gasteiger charge is -2.32. The fourth-order valence-corrected chi connectivity index (χ4v) is 1.10. The van der Waals surface area contributed by atoms with Crippen LogP contribution in [0.3, 0.4) is 0 Å². The number of Topliss-reactive ketones (excluding diaryl/α,β-unsaturated/α-hetero) is 1. The zero-order chi connectivity index (χ0) is 11.4. The molecule has 0 rings (SSSR count). The van der Waals surface area contributed by atoms with Gasteiger partial charge in [0.15, 0.2) is 11.4 Å². The first-order chi connectivity index (χ1) is 6.38. The maximum absolute atomic E-state index is 11.3. The Kier molecular flexibility index (Phi) is 4.56. The highest BCUT2D eigenvalue weighted by molar-refractivity contribution is 5.89. The van der Waals surface area contributed by atoms with Crippen molar-refractivity contribution in [3.63, 3.8) is 0 Å². The van der Waals surface area contributed by atoms with E-state index >= 15 is 0 Å². The molecule has 0 aromatic heterocycles. The molecule has 0 bridgehead atoms. The molecular weight excluding hydrogens is 184 g/mol. The number of ether oxygens (including phenoxy) is 1. The van der Waals surface area contributed by atoms with Gasteiger partial charge < -0.3 is 10.5 Å². The van der Waals surface area contributed by atoms with Crippen molar-refractivity contribution in [2.24, 2.45) is 11.7 Å². The van der Waals surface area contributed by atoms with Gasteiger partial charge in [0, 0.05) is 0 Å². The van der Waals surface area contributed by atoms with Crippen LogP contribution in [0.2, 0.25) is 0 Å². The highest BCUT2D eigenvalue weighted by atomic mass is 16.5. The van der Waals surface area contributed by atoms with Crippen LogP contribution in [0.25, 0.3) is 0 Å². The second kappa shape index (κ2) is 4.95. The van der Waals surface area contributed by atoms with E-state index in [0.29, 0.717) is 6.42 Å². The van der Waals surface area contributed by atoms with Crippen molar-refractivity contribution in [2.45, 2.75) is 32.9 Å². The normalized spacial score (nSPS) is 16.6. The number of ketones is 1. The Balaban J connectivity index is 4.72. The summed E-state index contributed by atoms with van der Waals surface area (Å²) in [7, 11) is 1.23. The van der Waals surface area contributed by atoms with Gasteiger partial charge in [-0.1, -0.05) is 13.8 Å². The number of hydrogen-bond donors (Lipinski definition) is 2. The molecule has 0 aliphatic carbocycles. The minimum atomic E-state index is -1.33. The van der Waals surface area contributed by atoms with Gasteiger partial charge in [0.25, 0.3) is 0 Å². The fraction of sp³-hybridized carbons (Fsp3) is 0.778. The lowest BCUT2D eigenvalue weighted by atomic mass is 9.89. The minimum absolute atomic E-state index is 0.140. The molecule has 0 saturated heterocycles. The van der Waals surface area contributed by atoms with E-state index in [2.05, 4.69) is 10.1 Å². The van der Waals surface area contributed by atoms with E-state index in [-0.39, 0.29) is 11.7 Å². The number of amides is 1. The molecule has 0 radical (unpaired) electrons. The van der Waals surface area contributed by atoms with Crippen molar-refractivity contribution in [3.05, 3.63) is 0 Å². The Bertz CT molecular complexity index is 230. The van der Waals surface area contributed by atoms with Gasteiger partial charge in [0.05, 0.1) is 7.11 Å². The first-order valence-electron chi connectivity index (χ1n) is 4.54. The number of methoxy groups -OCH3 is 1. The number of carbonyl (C=O) groups is 2. The van der Waals surface area contributed by atoms with E-state index in [1.165, 1.54) is 14.0 Å². The van der Waals surface area contributed by atoms with E-state index < -0.39 is 11.8 Å². The maximum Gasteiger partial charge on any atom is 0.408 e. The maximum atomic E-state index is 11.3. The standard InChI is InChI=1S/C9H18N2O3/c1-5-6(2)9(10,7(3)12)11-8(13)14-4/h6H,5,10H2,1-4H3,(H,11,13)/t6-,9-/m0/s1. The smallest absolute Gasteiger partial charge is 0.408 e. The summed E-state index contributed by atoms with van der Waals surface area (Å²) in [4.78, 5) is 22.3. The van der Waals surface area contributed by atoms with Crippen LogP contribution in [-0.4, -0.2) is 24.6 Å². The van der Waals surface area contributed by atoms with Crippen molar-refractivity contribution in [3.8, 4) is 0 Å². The zero-order valence-corrected chi connectivity index (χ0v) is 9.09. The monoisotopic (exact) mass is 202 g/mol. The summed E-state index contributed by atoms with van der Waals surface area (Å²) >= 11 is 0. The van der Waals surface area contributed by atoms with Crippen LogP contribution in [0.5, 0.6) is 0 Å². The number of hydrogen-bond acceptors (Lipinski definition) is 4. The molecule has 5 nitrogen and oxygen atoms in total. The molecule has 0 unspecified atom stereocenters. The Morgan fingerprint density at radius 1 is 1.57 bits per heavy atom. The molecule has 2 atom stereocenters. The van der Waals surface area contributed by atoms with Gasteiger partial charge in [-0.2, -0.15) is 0 Å². The molecule has 0 fully saturated rings. The van der Waals surface area contributed by atoms with Gasteiger partial charge in [-0.3, -0.25) is 10.1 Å². The van der Waals surface area contributed by atoms with E-state index in [1.54, 1.807) is 6.92 Å². The summed E-state index contributed by atoms with van der Waals surface area (Å²) in [5.41, 5.74) is 4.48. The predicted octanol–water partition coefficient (Wildman–Crippen LogP) is 0.633. The van der Waals surface area contributed by atoms with Crippen LogP contribution >= 0.6 is 0 Å². The SMILES string of the molecule is CC[C@H](C)[C@](N)(NC(=O)OC)C(C)=O. The molecule has 0 aliphatic heterocycles.